The minimum atomic E-state index is -0.332. The Morgan fingerprint density at radius 2 is 2.08 bits per heavy atom. The van der Waals surface area contributed by atoms with Crippen molar-refractivity contribution in [2.45, 2.75) is 19.3 Å². The minimum Gasteiger partial charge on any atom is -0.395 e. The summed E-state index contributed by atoms with van der Waals surface area (Å²) in [6.07, 6.45) is 1.63. The number of nitrogens with zero attached hydrogens (tertiary/aromatic N) is 1. The predicted molar refractivity (Wildman–Crippen MR) is 54.4 cm³/mol. The van der Waals surface area contributed by atoms with Gasteiger partial charge in [0.25, 0.3) is 0 Å². The van der Waals surface area contributed by atoms with Crippen LogP contribution in [0.5, 0.6) is 0 Å². The van der Waals surface area contributed by atoms with E-state index in [0.717, 1.165) is 5.56 Å². The van der Waals surface area contributed by atoms with Crippen molar-refractivity contribution in [2.75, 3.05) is 6.61 Å². The first-order valence-electron chi connectivity index (χ1n) is 3.90. The van der Waals surface area contributed by atoms with Gasteiger partial charge in [0.1, 0.15) is 5.15 Å². The molecule has 0 amide bonds. The van der Waals surface area contributed by atoms with Gasteiger partial charge < -0.3 is 5.11 Å². The molecule has 1 heterocycles. The summed E-state index contributed by atoms with van der Waals surface area (Å²) in [5, 5.41) is 9.81. The standard InChI is InChI=1S/C9H11Cl2NO/c1-9(2,5-13)6-3-7(10)8(11)12-4-6/h3-4,13H,5H2,1-2H3. The average Bonchev–Trinajstić information content (AvgIpc) is 2.09. The SMILES string of the molecule is CC(C)(CO)c1cnc(Cl)c(Cl)c1. The molecular formula is C9H11Cl2NO. The Morgan fingerprint density at radius 3 is 2.54 bits per heavy atom. The van der Waals surface area contributed by atoms with Gasteiger partial charge in [0.2, 0.25) is 0 Å². The third-order valence-corrected chi connectivity index (χ3v) is 2.66. The van der Waals surface area contributed by atoms with Crippen molar-refractivity contribution in [2.24, 2.45) is 0 Å². The van der Waals surface area contributed by atoms with Crippen LogP contribution in [-0.2, 0) is 5.41 Å². The van der Waals surface area contributed by atoms with E-state index < -0.39 is 0 Å². The molecule has 13 heavy (non-hydrogen) atoms. The highest BCUT2D eigenvalue weighted by molar-refractivity contribution is 6.41. The number of aliphatic hydroxyl groups excluding tert-OH is 1. The van der Waals surface area contributed by atoms with Crippen LogP contribution >= 0.6 is 23.2 Å². The molecule has 1 N–H and O–H groups in total. The second-order valence-corrected chi connectivity index (χ2v) is 4.30. The Bertz CT molecular complexity index is 312. The van der Waals surface area contributed by atoms with Crippen molar-refractivity contribution in [3.05, 3.63) is 28.0 Å². The molecule has 0 aliphatic heterocycles. The number of halogens is 2. The highest BCUT2D eigenvalue weighted by Crippen LogP contribution is 2.27. The lowest BCUT2D eigenvalue weighted by atomic mass is 9.87. The van der Waals surface area contributed by atoms with Crippen molar-refractivity contribution in [1.29, 1.82) is 0 Å². The molecule has 0 fully saturated rings. The van der Waals surface area contributed by atoms with Gasteiger partial charge in [-0.1, -0.05) is 37.0 Å². The van der Waals surface area contributed by atoms with Crippen LogP contribution < -0.4 is 0 Å². The number of hydrogen-bond donors (Lipinski definition) is 1. The van der Waals surface area contributed by atoms with E-state index in [-0.39, 0.29) is 12.0 Å². The molecule has 2 nitrogen and oxygen atoms in total. The van der Waals surface area contributed by atoms with Gasteiger partial charge in [0.15, 0.2) is 0 Å². The fourth-order valence-corrected chi connectivity index (χ4v) is 1.15. The Hall–Kier alpha value is -0.310. The molecule has 0 aliphatic carbocycles. The third-order valence-electron chi connectivity index (χ3n) is 1.97. The monoisotopic (exact) mass is 219 g/mol. The molecule has 1 aromatic heterocycles. The second-order valence-electron chi connectivity index (χ2n) is 3.54. The van der Waals surface area contributed by atoms with E-state index in [1.54, 1.807) is 12.3 Å². The van der Waals surface area contributed by atoms with Gasteiger partial charge in [-0.2, -0.15) is 0 Å². The Morgan fingerprint density at radius 1 is 1.46 bits per heavy atom. The van der Waals surface area contributed by atoms with E-state index >= 15 is 0 Å². The summed E-state index contributed by atoms with van der Waals surface area (Å²) >= 11 is 11.5. The molecule has 0 unspecified atom stereocenters. The van der Waals surface area contributed by atoms with Crippen molar-refractivity contribution in [1.82, 2.24) is 4.98 Å². The molecule has 72 valence electrons. The maximum absolute atomic E-state index is 9.10. The van der Waals surface area contributed by atoms with Gasteiger partial charge in [-0.25, -0.2) is 4.98 Å². The molecule has 0 spiro atoms. The highest BCUT2D eigenvalue weighted by atomic mass is 35.5. The molecule has 0 aromatic carbocycles. The van der Waals surface area contributed by atoms with Gasteiger partial charge >= 0.3 is 0 Å². The molecule has 1 aromatic rings. The average molecular weight is 220 g/mol. The smallest absolute Gasteiger partial charge is 0.147 e. The molecule has 4 heteroatoms. The van der Waals surface area contributed by atoms with Crippen molar-refractivity contribution in [3.8, 4) is 0 Å². The molecule has 0 aliphatic rings. The van der Waals surface area contributed by atoms with E-state index in [4.69, 9.17) is 28.3 Å². The van der Waals surface area contributed by atoms with Crippen molar-refractivity contribution in [3.63, 3.8) is 0 Å². The molecule has 0 radical (unpaired) electrons. The zero-order valence-electron chi connectivity index (χ0n) is 7.51. The molecule has 0 bridgehead atoms. The summed E-state index contributed by atoms with van der Waals surface area (Å²) < 4.78 is 0. The van der Waals surface area contributed by atoms with Gasteiger partial charge in [0, 0.05) is 11.6 Å². The fourth-order valence-electron chi connectivity index (χ4n) is 0.883. The van der Waals surface area contributed by atoms with Gasteiger partial charge in [-0.15, -0.1) is 0 Å². The van der Waals surface area contributed by atoms with Crippen LogP contribution in [0.2, 0.25) is 10.2 Å². The summed E-state index contributed by atoms with van der Waals surface area (Å²) in [4.78, 5) is 3.92. The molecule has 0 saturated carbocycles. The van der Waals surface area contributed by atoms with Crippen LogP contribution in [0.15, 0.2) is 12.3 Å². The Labute approximate surface area is 87.5 Å². The second kappa shape index (κ2) is 3.82. The fraction of sp³-hybridized carbons (Fsp3) is 0.444. The van der Waals surface area contributed by atoms with E-state index in [1.807, 2.05) is 13.8 Å². The lowest BCUT2D eigenvalue weighted by Crippen LogP contribution is -2.22. The Balaban J connectivity index is 3.10. The van der Waals surface area contributed by atoms with Gasteiger partial charge in [-0.05, 0) is 11.6 Å². The zero-order valence-corrected chi connectivity index (χ0v) is 9.02. The highest BCUT2D eigenvalue weighted by Gasteiger charge is 2.20. The Kier molecular flexibility index (Phi) is 3.17. The van der Waals surface area contributed by atoms with Crippen molar-refractivity contribution >= 4 is 23.2 Å². The topological polar surface area (TPSA) is 33.1 Å². The van der Waals surface area contributed by atoms with Crippen LogP contribution in [0.3, 0.4) is 0 Å². The normalized spacial score (nSPS) is 11.8. The minimum absolute atomic E-state index is 0.0483. The number of rotatable bonds is 2. The quantitative estimate of drug-likeness (QED) is 0.777. The first-order valence-corrected chi connectivity index (χ1v) is 4.65. The first-order chi connectivity index (χ1) is 5.97. The van der Waals surface area contributed by atoms with E-state index in [9.17, 15) is 0 Å². The van der Waals surface area contributed by atoms with E-state index in [1.165, 1.54) is 0 Å². The molecule has 0 atom stereocenters. The molecule has 1 rings (SSSR count). The van der Waals surface area contributed by atoms with Crippen molar-refractivity contribution < 1.29 is 5.11 Å². The summed E-state index contributed by atoms with van der Waals surface area (Å²) in [6, 6.07) is 1.73. The van der Waals surface area contributed by atoms with Crippen LogP contribution in [0.25, 0.3) is 0 Å². The van der Waals surface area contributed by atoms with Gasteiger partial charge in [0.05, 0.1) is 11.6 Å². The van der Waals surface area contributed by atoms with Crippen LogP contribution in [-0.4, -0.2) is 16.7 Å². The first kappa shape index (κ1) is 10.8. The molecular weight excluding hydrogens is 209 g/mol. The summed E-state index contributed by atoms with van der Waals surface area (Å²) in [5.41, 5.74) is 0.547. The number of hydrogen-bond acceptors (Lipinski definition) is 2. The van der Waals surface area contributed by atoms with Gasteiger partial charge in [-0.3, -0.25) is 0 Å². The zero-order chi connectivity index (χ0) is 10.1. The van der Waals surface area contributed by atoms with Crippen LogP contribution in [0, 0.1) is 0 Å². The summed E-state index contributed by atoms with van der Waals surface area (Å²) in [6.45, 7) is 3.87. The molecule has 0 saturated heterocycles. The maximum atomic E-state index is 9.10. The maximum Gasteiger partial charge on any atom is 0.147 e. The number of aromatic nitrogens is 1. The van der Waals surface area contributed by atoms with Crippen LogP contribution in [0.4, 0.5) is 0 Å². The van der Waals surface area contributed by atoms with Crippen LogP contribution in [0.1, 0.15) is 19.4 Å². The lowest BCUT2D eigenvalue weighted by molar-refractivity contribution is 0.218. The van der Waals surface area contributed by atoms with E-state index in [0.29, 0.717) is 10.2 Å². The summed E-state index contributed by atoms with van der Waals surface area (Å²) in [5.74, 6) is 0. The predicted octanol–water partition coefficient (Wildman–Crippen LogP) is 2.66. The lowest BCUT2D eigenvalue weighted by Gasteiger charge is -2.21. The largest absolute Gasteiger partial charge is 0.395 e. The number of aliphatic hydroxyl groups is 1. The number of pyridine rings is 1. The van der Waals surface area contributed by atoms with E-state index in [2.05, 4.69) is 4.98 Å². The third kappa shape index (κ3) is 2.33. The summed E-state index contributed by atoms with van der Waals surface area (Å²) in [7, 11) is 0.